The monoisotopic (exact) mass is 254 g/mol. The predicted octanol–water partition coefficient (Wildman–Crippen LogP) is 2.36. The van der Waals surface area contributed by atoms with Gasteiger partial charge >= 0.3 is 0 Å². The van der Waals surface area contributed by atoms with Gasteiger partial charge in [-0.2, -0.15) is 5.26 Å². The molecule has 0 aliphatic rings. The molecule has 5 heteroatoms. The molecule has 5 nitrogen and oxygen atoms in total. The van der Waals surface area contributed by atoms with Crippen molar-refractivity contribution in [2.45, 2.75) is 13.5 Å². The number of hydrogen-bond donors (Lipinski definition) is 1. The average Bonchev–Trinajstić information content (AvgIpc) is 2.46. The molecule has 0 aliphatic carbocycles. The molecule has 0 aliphatic heterocycles. The Morgan fingerprint density at radius 1 is 1.32 bits per heavy atom. The summed E-state index contributed by atoms with van der Waals surface area (Å²) in [6.45, 7) is 3.07. The van der Waals surface area contributed by atoms with Crippen molar-refractivity contribution in [3.05, 3.63) is 47.8 Å². The highest BCUT2D eigenvalue weighted by Gasteiger charge is 2.00. The smallest absolute Gasteiger partial charge is 0.218 e. The predicted molar refractivity (Wildman–Crippen MR) is 71.7 cm³/mol. The van der Waals surface area contributed by atoms with E-state index in [1.54, 1.807) is 12.1 Å². The molecule has 2 rings (SSSR count). The van der Waals surface area contributed by atoms with Crippen molar-refractivity contribution in [2.75, 3.05) is 11.9 Å². The molecule has 0 fully saturated rings. The van der Waals surface area contributed by atoms with Crippen LogP contribution in [0.25, 0.3) is 0 Å². The highest BCUT2D eigenvalue weighted by atomic mass is 16.5. The minimum atomic E-state index is 0.547. The van der Waals surface area contributed by atoms with Crippen molar-refractivity contribution >= 4 is 5.82 Å². The van der Waals surface area contributed by atoms with Gasteiger partial charge in [-0.15, -0.1) is 0 Å². The molecule has 0 unspecified atom stereocenters. The molecule has 0 saturated carbocycles. The Morgan fingerprint density at radius 2 is 2.21 bits per heavy atom. The fraction of sp³-hybridized carbons (Fsp3) is 0.214. The third-order valence-corrected chi connectivity index (χ3v) is 2.46. The van der Waals surface area contributed by atoms with E-state index in [9.17, 15) is 0 Å². The zero-order chi connectivity index (χ0) is 13.5. The maximum absolute atomic E-state index is 8.84. The number of nitrogens with one attached hydrogen (secondary N) is 1. The Kier molecular flexibility index (Phi) is 4.29. The summed E-state index contributed by atoms with van der Waals surface area (Å²) in [7, 11) is 0. The summed E-state index contributed by atoms with van der Waals surface area (Å²) in [5, 5.41) is 12.0. The van der Waals surface area contributed by atoms with Gasteiger partial charge in [-0.3, -0.25) is 0 Å². The molecular weight excluding hydrogens is 240 g/mol. The molecule has 0 bridgehead atoms. The van der Waals surface area contributed by atoms with Crippen LogP contribution < -0.4 is 10.1 Å². The van der Waals surface area contributed by atoms with Crippen LogP contribution in [0.2, 0.25) is 0 Å². The second-order valence-corrected chi connectivity index (χ2v) is 3.84. The molecule has 1 N–H and O–H groups in total. The number of nitriles is 1. The quantitative estimate of drug-likeness (QED) is 0.886. The molecule has 0 amide bonds. The Morgan fingerprint density at radius 3 is 3.00 bits per heavy atom. The van der Waals surface area contributed by atoms with Gasteiger partial charge in [0, 0.05) is 12.6 Å². The lowest BCUT2D eigenvalue weighted by Crippen LogP contribution is -2.03. The Balaban J connectivity index is 2.01. The number of benzene rings is 1. The molecule has 0 saturated heterocycles. The Labute approximate surface area is 111 Å². The third-order valence-electron chi connectivity index (χ3n) is 2.46. The summed E-state index contributed by atoms with van der Waals surface area (Å²) in [6.07, 6.45) is 1.46. The van der Waals surface area contributed by atoms with E-state index in [2.05, 4.69) is 21.4 Å². The summed E-state index contributed by atoms with van der Waals surface area (Å²) < 4.78 is 5.30. The molecule has 0 atom stereocenters. The summed E-state index contributed by atoms with van der Waals surface area (Å²) >= 11 is 0. The lowest BCUT2D eigenvalue weighted by molar-refractivity contribution is 0.326. The first-order valence-corrected chi connectivity index (χ1v) is 5.99. The minimum absolute atomic E-state index is 0.547. The third kappa shape index (κ3) is 3.68. The van der Waals surface area contributed by atoms with E-state index in [1.165, 1.54) is 6.33 Å². The van der Waals surface area contributed by atoms with Crippen LogP contribution in [0, 0.1) is 11.3 Å². The van der Waals surface area contributed by atoms with E-state index in [1.807, 2.05) is 25.1 Å². The number of anilines is 1. The second-order valence-electron chi connectivity index (χ2n) is 3.84. The maximum atomic E-state index is 8.84. The number of ether oxygens (including phenoxy) is 1. The zero-order valence-corrected chi connectivity index (χ0v) is 10.6. The van der Waals surface area contributed by atoms with Crippen molar-refractivity contribution in [1.82, 2.24) is 9.97 Å². The van der Waals surface area contributed by atoms with Gasteiger partial charge in [0.2, 0.25) is 5.88 Å². The minimum Gasteiger partial charge on any atom is -0.478 e. The van der Waals surface area contributed by atoms with Crippen LogP contribution in [0.15, 0.2) is 36.7 Å². The van der Waals surface area contributed by atoms with Gasteiger partial charge in [0.1, 0.15) is 12.1 Å². The first-order valence-electron chi connectivity index (χ1n) is 5.99. The van der Waals surface area contributed by atoms with Gasteiger partial charge in [-0.05, 0) is 24.6 Å². The van der Waals surface area contributed by atoms with Crippen molar-refractivity contribution < 1.29 is 4.74 Å². The molecule has 0 radical (unpaired) electrons. The molecule has 1 aromatic heterocycles. The maximum Gasteiger partial charge on any atom is 0.218 e. The zero-order valence-electron chi connectivity index (χ0n) is 10.6. The molecule has 0 spiro atoms. The molecule has 1 aromatic carbocycles. The van der Waals surface area contributed by atoms with Crippen LogP contribution >= 0.6 is 0 Å². The van der Waals surface area contributed by atoms with Crippen molar-refractivity contribution in [3.63, 3.8) is 0 Å². The average molecular weight is 254 g/mol. The van der Waals surface area contributed by atoms with Gasteiger partial charge in [0.05, 0.1) is 18.2 Å². The van der Waals surface area contributed by atoms with Gasteiger partial charge in [-0.1, -0.05) is 12.1 Å². The van der Waals surface area contributed by atoms with Gasteiger partial charge < -0.3 is 10.1 Å². The summed E-state index contributed by atoms with van der Waals surface area (Å²) in [5.41, 5.74) is 1.67. The van der Waals surface area contributed by atoms with Crippen LogP contribution in [0.1, 0.15) is 18.1 Å². The number of hydrogen-bond acceptors (Lipinski definition) is 5. The first kappa shape index (κ1) is 12.8. The van der Waals surface area contributed by atoms with Crippen molar-refractivity contribution in [3.8, 4) is 11.9 Å². The number of nitrogens with zero attached hydrogens (tertiary/aromatic N) is 3. The van der Waals surface area contributed by atoms with Crippen LogP contribution in [-0.2, 0) is 6.54 Å². The first-order chi connectivity index (χ1) is 9.31. The van der Waals surface area contributed by atoms with Crippen LogP contribution in [0.3, 0.4) is 0 Å². The lowest BCUT2D eigenvalue weighted by atomic mass is 10.1. The Bertz CT molecular complexity index is 592. The molecular formula is C14H14N4O. The Hall–Kier alpha value is -2.61. The fourth-order valence-electron chi connectivity index (χ4n) is 1.61. The number of rotatable bonds is 5. The van der Waals surface area contributed by atoms with Crippen LogP contribution in [0.5, 0.6) is 5.88 Å². The fourth-order valence-corrected chi connectivity index (χ4v) is 1.61. The molecule has 2 aromatic rings. The van der Waals surface area contributed by atoms with Crippen LogP contribution in [-0.4, -0.2) is 16.6 Å². The number of aromatic nitrogens is 2. The van der Waals surface area contributed by atoms with Crippen LogP contribution in [0.4, 0.5) is 5.82 Å². The van der Waals surface area contributed by atoms with Crippen molar-refractivity contribution in [1.29, 1.82) is 5.26 Å². The van der Waals surface area contributed by atoms with Gasteiger partial charge in [0.25, 0.3) is 0 Å². The van der Waals surface area contributed by atoms with E-state index in [-0.39, 0.29) is 0 Å². The van der Waals surface area contributed by atoms with E-state index in [0.29, 0.717) is 30.4 Å². The molecule has 96 valence electrons. The second kappa shape index (κ2) is 6.36. The topological polar surface area (TPSA) is 70.8 Å². The van der Waals surface area contributed by atoms with E-state index < -0.39 is 0 Å². The van der Waals surface area contributed by atoms with Gasteiger partial charge in [-0.25, -0.2) is 9.97 Å². The SMILES string of the molecule is CCOc1cc(NCc2cccc(C#N)c2)ncn1. The largest absolute Gasteiger partial charge is 0.478 e. The summed E-state index contributed by atoms with van der Waals surface area (Å²) in [5.74, 6) is 1.24. The van der Waals surface area contributed by atoms with E-state index in [4.69, 9.17) is 10.00 Å². The highest BCUT2D eigenvalue weighted by molar-refractivity contribution is 5.39. The molecule has 19 heavy (non-hydrogen) atoms. The van der Waals surface area contributed by atoms with Gasteiger partial charge in [0.15, 0.2) is 0 Å². The normalized spacial score (nSPS) is 9.68. The van der Waals surface area contributed by atoms with E-state index in [0.717, 1.165) is 5.56 Å². The van der Waals surface area contributed by atoms with E-state index >= 15 is 0 Å². The summed E-state index contributed by atoms with van der Waals surface area (Å²) in [6, 6.07) is 11.3. The summed E-state index contributed by atoms with van der Waals surface area (Å²) in [4.78, 5) is 8.11. The highest BCUT2D eigenvalue weighted by Crippen LogP contribution is 2.12. The van der Waals surface area contributed by atoms with Crippen molar-refractivity contribution in [2.24, 2.45) is 0 Å². The lowest BCUT2D eigenvalue weighted by Gasteiger charge is -2.07. The molecule has 1 heterocycles. The standard InChI is InChI=1S/C14H14N4O/c1-2-19-14-7-13(17-10-18-14)16-9-12-5-3-4-11(6-12)8-15/h3-7,10H,2,9H2,1H3,(H,16,17,18).